The highest BCUT2D eigenvalue weighted by atomic mass is 14.4. The van der Waals surface area contributed by atoms with Crippen molar-refractivity contribution >= 4 is 12.2 Å². The second-order valence-corrected chi connectivity index (χ2v) is 10.9. The summed E-state index contributed by atoms with van der Waals surface area (Å²) in [5.74, 6) is 0.403. The predicted octanol–water partition coefficient (Wildman–Crippen LogP) is 10.5. The molecule has 2 aromatic rings. The lowest BCUT2D eigenvalue weighted by atomic mass is 9.79. The molecule has 0 aliphatic heterocycles. The summed E-state index contributed by atoms with van der Waals surface area (Å²) in [5.41, 5.74) is 17.4. The Labute approximate surface area is 225 Å². The summed E-state index contributed by atoms with van der Waals surface area (Å²) in [4.78, 5) is 0. The van der Waals surface area contributed by atoms with Gasteiger partial charge >= 0.3 is 0 Å². The third kappa shape index (κ3) is 4.08. The fourth-order valence-electron chi connectivity index (χ4n) is 6.77. The van der Waals surface area contributed by atoms with E-state index in [1.165, 1.54) is 72.4 Å². The van der Waals surface area contributed by atoms with Crippen LogP contribution in [0.1, 0.15) is 81.3 Å². The molecule has 0 heterocycles. The van der Waals surface area contributed by atoms with Gasteiger partial charge in [0.05, 0.1) is 0 Å². The molecule has 0 saturated carbocycles. The zero-order valence-corrected chi connectivity index (χ0v) is 23.9. The van der Waals surface area contributed by atoms with E-state index in [-0.39, 0.29) is 5.41 Å². The van der Waals surface area contributed by atoms with Gasteiger partial charge in [-0.2, -0.15) is 0 Å². The van der Waals surface area contributed by atoms with Gasteiger partial charge in [-0.05, 0) is 113 Å². The summed E-state index contributed by atoms with van der Waals surface area (Å²) < 4.78 is 0. The van der Waals surface area contributed by atoms with Crippen molar-refractivity contribution in [3.8, 4) is 11.1 Å². The number of rotatable bonds is 8. The van der Waals surface area contributed by atoms with Crippen LogP contribution in [0.3, 0.4) is 0 Å². The number of aryl methyl sites for hydroxylation is 1. The van der Waals surface area contributed by atoms with Crippen LogP contribution in [-0.2, 0) is 11.8 Å². The van der Waals surface area contributed by atoms with Crippen LogP contribution in [0.5, 0.6) is 0 Å². The van der Waals surface area contributed by atoms with E-state index in [1.54, 1.807) is 0 Å². The number of hydrogen-bond donors (Lipinski definition) is 0. The Hall–Kier alpha value is -3.38. The van der Waals surface area contributed by atoms with Crippen LogP contribution in [0.2, 0.25) is 0 Å². The van der Waals surface area contributed by atoms with Crippen LogP contribution >= 0.6 is 0 Å². The number of allylic oxidation sites excluding steroid dienone is 9. The van der Waals surface area contributed by atoms with E-state index in [0.717, 1.165) is 12.8 Å². The number of benzene rings is 2. The third-order valence-corrected chi connectivity index (χ3v) is 8.62. The Bertz CT molecular complexity index is 1420. The van der Waals surface area contributed by atoms with Gasteiger partial charge in [0.25, 0.3) is 0 Å². The molecule has 2 aliphatic rings. The lowest BCUT2D eigenvalue weighted by molar-refractivity contribution is 0.658. The summed E-state index contributed by atoms with van der Waals surface area (Å²) in [7, 11) is 0. The molecule has 0 saturated heterocycles. The van der Waals surface area contributed by atoms with Gasteiger partial charge in [0, 0.05) is 11.3 Å². The Morgan fingerprint density at radius 1 is 0.946 bits per heavy atom. The molecule has 2 aliphatic carbocycles. The first kappa shape index (κ1) is 26.7. The Morgan fingerprint density at radius 3 is 2.22 bits per heavy atom. The molecule has 0 spiro atoms. The normalized spacial score (nSPS) is 18.5. The van der Waals surface area contributed by atoms with Crippen LogP contribution in [0.15, 0.2) is 96.2 Å². The minimum Gasteiger partial charge on any atom is -0.0987 e. The van der Waals surface area contributed by atoms with Crippen molar-refractivity contribution in [1.29, 1.82) is 0 Å². The van der Waals surface area contributed by atoms with Gasteiger partial charge in [0.15, 0.2) is 0 Å². The average molecular weight is 487 g/mol. The van der Waals surface area contributed by atoms with Gasteiger partial charge < -0.3 is 0 Å². The van der Waals surface area contributed by atoms with E-state index in [9.17, 15) is 0 Å². The molecular weight excluding hydrogens is 444 g/mol. The maximum atomic E-state index is 4.17. The molecule has 0 N–H and O–H groups in total. The fourth-order valence-corrected chi connectivity index (χ4v) is 6.77. The Morgan fingerprint density at radius 2 is 1.65 bits per heavy atom. The van der Waals surface area contributed by atoms with Crippen molar-refractivity contribution < 1.29 is 0 Å². The lowest BCUT2D eigenvalue weighted by Crippen LogP contribution is -2.16. The maximum Gasteiger partial charge on any atom is 0.0159 e. The van der Waals surface area contributed by atoms with Gasteiger partial charge in [0.2, 0.25) is 0 Å². The quantitative estimate of drug-likeness (QED) is 0.348. The van der Waals surface area contributed by atoms with Gasteiger partial charge in [-0.25, -0.2) is 0 Å². The molecule has 0 radical (unpaired) electrons. The molecule has 2 aromatic carbocycles. The molecule has 1 atom stereocenters. The predicted molar refractivity (Wildman–Crippen MR) is 165 cm³/mol. The van der Waals surface area contributed by atoms with E-state index in [1.807, 2.05) is 12.2 Å². The summed E-state index contributed by atoms with van der Waals surface area (Å²) >= 11 is 0. The van der Waals surface area contributed by atoms with E-state index < -0.39 is 0 Å². The molecule has 190 valence electrons. The van der Waals surface area contributed by atoms with Gasteiger partial charge in [0.1, 0.15) is 0 Å². The fraction of sp³-hybridized carbons (Fsp3) is 0.297. The average Bonchev–Trinajstić information content (AvgIpc) is 3.28. The zero-order valence-electron chi connectivity index (χ0n) is 23.9. The minimum absolute atomic E-state index is 0.0653. The van der Waals surface area contributed by atoms with Crippen molar-refractivity contribution in [2.45, 2.75) is 66.7 Å². The topological polar surface area (TPSA) is 0 Å². The van der Waals surface area contributed by atoms with Crippen LogP contribution in [-0.4, -0.2) is 0 Å². The van der Waals surface area contributed by atoms with Crippen LogP contribution in [0.25, 0.3) is 23.3 Å². The van der Waals surface area contributed by atoms with Crippen molar-refractivity contribution in [2.24, 2.45) is 5.92 Å². The number of fused-ring (bicyclic) bond motifs is 3. The molecule has 0 bridgehead atoms. The summed E-state index contributed by atoms with van der Waals surface area (Å²) in [6.45, 7) is 28.2. The van der Waals surface area contributed by atoms with E-state index in [2.05, 4.69) is 117 Å². The Kier molecular flexibility index (Phi) is 7.33. The summed E-state index contributed by atoms with van der Waals surface area (Å²) in [5, 5.41) is 0. The maximum absolute atomic E-state index is 4.17. The van der Waals surface area contributed by atoms with Crippen molar-refractivity contribution in [3.63, 3.8) is 0 Å². The molecule has 37 heavy (non-hydrogen) atoms. The van der Waals surface area contributed by atoms with Crippen LogP contribution in [0.4, 0.5) is 0 Å². The first-order valence-corrected chi connectivity index (χ1v) is 13.6. The molecule has 1 unspecified atom stereocenters. The summed E-state index contributed by atoms with van der Waals surface area (Å²) in [6.07, 6.45) is 14.8. The first-order valence-electron chi connectivity index (χ1n) is 13.6. The smallest absolute Gasteiger partial charge is 0.0159 e. The SMILES string of the molecule is C=CC1=C(/C=C\C)C(C)=C(/C(=C\C)Cc2ccc3c(c2)C(C)(C)c2cc(C)c(C=C)c(C=C)c2-3)C1CC. The molecule has 0 amide bonds. The van der Waals surface area contributed by atoms with Gasteiger partial charge in [-0.15, -0.1) is 0 Å². The highest BCUT2D eigenvalue weighted by Crippen LogP contribution is 2.52. The van der Waals surface area contributed by atoms with E-state index in [4.69, 9.17) is 0 Å². The second kappa shape index (κ2) is 10.2. The molecular formula is C37H42. The lowest BCUT2D eigenvalue weighted by Gasteiger charge is -2.24. The minimum atomic E-state index is -0.0653. The van der Waals surface area contributed by atoms with Crippen molar-refractivity contribution in [3.05, 3.63) is 130 Å². The second-order valence-electron chi connectivity index (χ2n) is 10.9. The van der Waals surface area contributed by atoms with Crippen LogP contribution < -0.4 is 0 Å². The van der Waals surface area contributed by atoms with E-state index in [0.29, 0.717) is 5.92 Å². The molecule has 0 nitrogen and oxygen atoms in total. The largest absolute Gasteiger partial charge is 0.0987 e. The number of hydrogen-bond acceptors (Lipinski definition) is 0. The first-order chi connectivity index (χ1) is 17.7. The highest BCUT2D eigenvalue weighted by molar-refractivity contribution is 5.91. The molecule has 4 rings (SSSR count). The molecule has 0 fully saturated rings. The highest BCUT2D eigenvalue weighted by Gasteiger charge is 2.38. The van der Waals surface area contributed by atoms with Crippen molar-refractivity contribution in [2.75, 3.05) is 0 Å². The Balaban J connectivity index is 1.80. The van der Waals surface area contributed by atoms with Crippen LogP contribution in [0, 0.1) is 12.8 Å². The zero-order chi connectivity index (χ0) is 27.1. The summed E-state index contributed by atoms with van der Waals surface area (Å²) in [6, 6.07) is 9.48. The van der Waals surface area contributed by atoms with E-state index >= 15 is 0 Å². The monoisotopic (exact) mass is 486 g/mol. The molecule has 0 heteroatoms. The van der Waals surface area contributed by atoms with Gasteiger partial charge in [-0.3, -0.25) is 0 Å². The van der Waals surface area contributed by atoms with Crippen molar-refractivity contribution in [1.82, 2.24) is 0 Å². The third-order valence-electron chi connectivity index (χ3n) is 8.62. The van der Waals surface area contributed by atoms with Gasteiger partial charge in [-0.1, -0.05) is 101 Å². The molecule has 0 aromatic heterocycles. The standard InChI is InChI=1S/C37H42/c1-11-17-31-24(8)35(30(16-6)28(31)14-4)26(12-2)21-25-18-19-32-33(22-25)37(9,10)34-20-23(7)27(13-3)29(15-5)36(32)34/h11-15,17-20,22,30H,3-5,16,21H2,1-2,6-10H3/b17-11-,26-12-.